The van der Waals surface area contributed by atoms with Gasteiger partial charge in [-0.15, -0.1) is 0 Å². The van der Waals surface area contributed by atoms with Crippen molar-refractivity contribution >= 4 is 5.78 Å². The fraction of sp³-hybridized carbons (Fsp3) is 0.857. The van der Waals surface area contributed by atoms with Crippen LogP contribution in [-0.2, 0) is 4.79 Å². The lowest BCUT2D eigenvalue weighted by atomic mass is 9.44. The molecule has 0 saturated heterocycles. The maximum atomic E-state index is 12.3. The van der Waals surface area contributed by atoms with Crippen LogP contribution in [-0.4, -0.2) is 49.6 Å². The van der Waals surface area contributed by atoms with E-state index in [0.717, 1.165) is 12.8 Å². The van der Waals surface area contributed by atoms with Crippen LogP contribution in [0.5, 0.6) is 0 Å². The van der Waals surface area contributed by atoms with Gasteiger partial charge in [-0.3, -0.25) is 4.79 Å². The van der Waals surface area contributed by atoms with Crippen LogP contribution in [0.2, 0.25) is 0 Å². The van der Waals surface area contributed by atoms with Crippen LogP contribution in [0, 0.1) is 22.7 Å². The summed E-state index contributed by atoms with van der Waals surface area (Å²) in [7, 11) is 0. The molecule has 5 heteroatoms. The van der Waals surface area contributed by atoms with E-state index in [0.29, 0.717) is 25.7 Å². The van der Waals surface area contributed by atoms with Gasteiger partial charge in [0, 0.05) is 0 Å². The van der Waals surface area contributed by atoms with E-state index in [1.165, 1.54) is 12.5 Å². The second-order valence-electron chi connectivity index (χ2n) is 9.79. The highest BCUT2D eigenvalue weighted by molar-refractivity contribution is 5.86. The number of allylic oxidation sites excluding steroid dienone is 1. The topological polar surface area (TPSA) is 98.0 Å². The predicted octanol–water partition coefficient (Wildman–Crippen LogP) is 1.72. The minimum atomic E-state index is -1.68. The van der Waals surface area contributed by atoms with Gasteiger partial charge in [-0.1, -0.05) is 25.5 Å². The van der Waals surface area contributed by atoms with E-state index in [9.17, 15) is 25.2 Å². The Labute approximate surface area is 155 Å². The zero-order chi connectivity index (χ0) is 19.1. The predicted molar refractivity (Wildman–Crippen MR) is 96.2 cm³/mol. The molecule has 0 aromatic carbocycles. The fourth-order valence-corrected chi connectivity index (χ4v) is 7.19. The van der Waals surface area contributed by atoms with Crippen molar-refractivity contribution in [3.63, 3.8) is 0 Å². The van der Waals surface area contributed by atoms with E-state index < -0.39 is 22.7 Å². The Bertz CT molecular complexity index is 673. The summed E-state index contributed by atoms with van der Waals surface area (Å²) < 4.78 is 0. The van der Waals surface area contributed by atoms with Gasteiger partial charge in [0.2, 0.25) is 0 Å². The van der Waals surface area contributed by atoms with E-state index in [4.69, 9.17) is 0 Å². The van der Waals surface area contributed by atoms with Crippen LogP contribution < -0.4 is 0 Å². The van der Waals surface area contributed by atoms with Crippen molar-refractivity contribution in [2.45, 2.75) is 89.1 Å². The number of hydrogen-bond donors (Lipinski definition) is 4. The first-order valence-electron chi connectivity index (χ1n) is 10.0. The Balaban J connectivity index is 1.80. The molecule has 0 aromatic rings. The van der Waals surface area contributed by atoms with Gasteiger partial charge in [0.1, 0.15) is 5.60 Å². The number of carbonyl (C=O) groups is 1. The Hall–Kier alpha value is -0.750. The van der Waals surface area contributed by atoms with Gasteiger partial charge in [-0.2, -0.15) is 0 Å². The summed E-state index contributed by atoms with van der Waals surface area (Å²) in [4.78, 5) is 12.3. The average Bonchev–Trinajstić information content (AvgIpc) is 2.80. The molecule has 26 heavy (non-hydrogen) atoms. The maximum Gasteiger partial charge on any atom is 0.162 e. The Morgan fingerprint density at radius 2 is 1.81 bits per heavy atom. The molecule has 4 aliphatic rings. The summed E-state index contributed by atoms with van der Waals surface area (Å²) in [6, 6.07) is 0. The number of aliphatic hydroxyl groups excluding tert-OH is 2. The van der Waals surface area contributed by atoms with Crippen LogP contribution in [0.1, 0.15) is 65.7 Å². The van der Waals surface area contributed by atoms with E-state index in [-0.39, 0.29) is 35.6 Å². The smallest absolute Gasteiger partial charge is 0.162 e. The van der Waals surface area contributed by atoms with E-state index in [1.54, 1.807) is 6.92 Å². The highest BCUT2D eigenvalue weighted by Gasteiger charge is 2.75. The van der Waals surface area contributed by atoms with Crippen molar-refractivity contribution in [2.75, 3.05) is 0 Å². The zero-order valence-corrected chi connectivity index (χ0v) is 16.0. The molecule has 3 saturated carbocycles. The summed E-state index contributed by atoms with van der Waals surface area (Å²) in [5.41, 5.74) is -3.09. The molecule has 8 atom stereocenters. The largest absolute Gasteiger partial charge is 0.393 e. The van der Waals surface area contributed by atoms with Crippen molar-refractivity contribution in [1.29, 1.82) is 0 Å². The number of Topliss-reactive ketones (excluding diaryl/α,β-unsaturated/α-hetero) is 1. The van der Waals surface area contributed by atoms with Crippen LogP contribution >= 0.6 is 0 Å². The van der Waals surface area contributed by atoms with E-state index in [2.05, 4.69) is 13.0 Å². The Kier molecular flexibility index (Phi) is 3.87. The molecule has 0 radical (unpaired) electrons. The first-order valence-corrected chi connectivity index (χ1v) is 10.0. The number of rotatable bonds is 1. The Morgan fingerprint density at radius 3 is 2.46 bits per heavy atom. The monoisotopic (exact) mass is 364 g/mol. The second-order valence-corrected chi connectivity index (χ2v) is 9.79. The fourth-order valence-electron chi connectivity index (χ4n) is 7.19. The zero-order valence-electron chi connectivity index (χ0n) is 16.0. The van der Waals surface area contributed by atoms with Gasteiger partial charge in [0.05, 0.1) is 23.2 Å². The van der Waals surface area contributed by atoms with Crippen molar-refractivity contribution in [3.8, 4) is 0 Å². The number of aliphatic hydroxyl groups is 4. The summed E-state index contributed by atoms with van der Waals surface area (Å²) in [5.74, 6) is -0.363. The quantitative estimate of drug-likeness (QED) is 0.531. The van der Waals surface area contributed by atoms with Crippen LogP contribution in [0.25, 0.3) is 0 Å². The maximum absolute atomic E-state index is 12.3. The van der Waals surface area contributed by atoms with E-state index >= 15 is 0 Å². The summed E-state index contributed by atoms with van der Waals surface area (Å²) in [6.07, 6.45) is 4.86. The molecule has 5 nitrogen and oxygen atoms in total. The molecule has 0 aliphatic heterocycles. The molecule has 0 spiro atoms. The lowest BCUT2D eigenvalue weighted by molar-refractivity contribution is -0.253. The normalized spacial score (nSPS) is 56.2. The lowest BCUT2D eigenvalue weighted by Gasteiger charge is -2.63. The van der Waals surface area contributed by atoms with Crippen LogP contribution in [0.3, 0.4) is 0 Å². The molecule has 0 heterocycles. The molecule has 4 aliphatic carbocycles. The van der Waals surface area contributed by atoms with Gasteiger partial charge in [0.15, 0.2) is 5.78 Å². The van der Waals surface area contributed by atoms with Crippen molar-refractivity contribution in [2.24, 2.45) is 22.7 Å². The third-order valence-electron chi connectivity index (χ3n) is 9.07. The molecule has 146 valence electrons. The highest BCUT2D eigenvalue weighted by Crippen LogP contribution is 2.68. The highest BCUT2D eigenvalue weighted by atomic mass is 16.3. The van der Waals surface area contributed by atoms with Crippen molar-refractivity contribution < 1.29 is 25.2 Å². The van der Waals surface area contributed by atoms with Crippen molar-refractivity contribution in [1.82, 2.24) is 0 Å². The first-order chi connectivity index (χ1) is 12.0. The molecule has 8 unspecified atom stereocenters. The number of fused-ring (bicyclic) bond motifs is 5. The third-order valence-corrected chi connectivity index (χ3v) is 9.07. The van der Waals surface area contributed by atoms with Crippen LogP contribution in [0.4, 0.5) is 0 Å². The average molecular weight is 364 g/mol. The lowest BCUT2D eigenvalue weighted by Crippen LogP contribution is -2.70. The number of hydrogen-bond acceptors (Lipinski definition) is 5. The van der Waals surface area contributed by atoms with Crippen LogP contribution in [0.15, 0.2) is 11.6 Å². The number of carbonyl (C=O) groups excluding carboxylic acids is 1. The van der Waals surface area contributed by atoms with Gasteiger partial charge < -0.3 is 20.4 Å². The summed E-state index contributed by atoms with van der Waals surface area (Å²) in [6.45, 7) is 5.26. The molecule has 4 N–H and O–H groups in total. The Morgan fingerprint density at radius 1 is 1.12 bits per heavy atom. The summed E-state index contributed by atoms with van der Waals surface area (Å²) >= 11 is 0. The molecular formula is C21H32O5. The molecule has 4 rings (SSSR count). The molecular weight excluding hydrogens is 332 g/mol. The van der Waals surface area contributed by atoms with Gasteiger partial charge in [-0.25, -0.2) is 0 Å². The SMILES string of the molecule is CC(=O)C1(O)CCC2(O)C3CC=C4CC(O)CCC4(C)C3CC(O)C12C. The molecule has 3 fully saturated rings. The van der Waals surface area contributed by atoms with Gasteiger partial charge >= 0.3 is 0 Å². The van der Waals surface area contributed by atoms with Crippen molar-refractivity contribution in [3.05, 3.63) is 11.6 Å². The van der Waals surface area contributed by atoms with Gasteiger partial charge in [0.25, 0.3) is 0 Å². The van der Waals surface area contributed by atoms with Gasteiger partial charge in [-0.05, 0) is 69.1 Å². The third kappa shape index (κ3) is 1.93. The minimum absolute atomic E-state index is 0.0896. The second kappa shape index (κ2) is 5.40. The molecule has 0 bridgehead atoms. The first kappa shape index (κ1) is 18.6. The molecule has 0 aromatic heterocycles. The standard InChI is InChI=1S/C21H32O5/c1-12(22)20(25)8-9-21(26)15-5-4-13-10-14(23)6-7-18(13,2)16(15)11-17(24)19(20,21)3/h4,14-17,23-26H,5-11H2,1-3H3. The summed E-state index contributed by atoms with van der Waals surface area (Å²) in [5, 5.41) is 44.2. The van der Waals surface area contributed by atoms with E-state index in [1.807, 2.05) is 0 Å². The molecule has 0 amide bonds. The minimum Gasteiger partial charge on any atom is -0.393 e. The number of ketones is 1.